The molecule has 0 unspecified atom stereocenters. The van der Waals surface area contributed by atoms with Crippen LogP contribution >= 0.6 is 11.8 Å². The summed E-state index contributed by atoms with van der Waals surface area (Å²) in [6, 6.07) is 17.7. The summed E-state index contributed by atoms with van der Waals surface area (Å²) in [6.07, 6.45) is 0. The van der Waals surface area contributed by atoms with Gasteiger partial charge in [-0.25, -0.2) is 0 Å². The zero-order valence-corrected chi connectivity index (χ0v) is 19.3. The average Bonchev–Trinajstić information content (AvgIpc) is 3.17. The van der Waals surface area contributed by atoms with Gasteiger partial charge in [-0.05, 0) is 67.8 Å². The van der Waals surface area contributed by atoms with Crippen LogP contribution in [0.3, 0.4) is 0 Å². The summed E-state index contributed by atoms with van der Waals surface area (Å²) >= 11 is 1.56. The van der Waals surface area contributed by atoms with E-state index >= 15 is 0 Å². The number of hydrogen-bond donors (Lipinski definition) is 1. The third-order valence-electron chi connectivity index (χ3n) is 5.76. The molecule has 2 amide bonds. The molecule has 0 saturated carbocycles. The fourth-order valence-electron chi connectivity index (χ4n) is 3.71. The lowest BCUT2D eigenvalue weighted by atomic mass is 10.1. The summed E-state index contributed by atoms with van der Waals surface area (Å²) in [5.74, 6) is 0.0436. The third-order valence-corrected chi connectivity index (χ3v) is 6.97. The molecule has 0 aliphatic carbocycles. The van der Waals surface area contributed by atoms with Crippen molar-refractivity contribution in [3.8, 4) is 0 Å². The summed E-state index contributed by atoms with van der Waals surface area (Å²) in [5.41, 5.74) is 5.32. The van der Waals surface area contributed by atoms with Crippen LogP contribution in [-0.2, 0) is 4.79 Å². The molecular weight excluding hydrogens is 438 g/mol. The zero-order chi connectivity index (χ0) is 23.7. The Kier molecular flexibility index (Phi) is 6.20. The van der Waals surface area contributed by atoms with E-state index in [4.69, 9.17) is 0 Å². The molecule has 7 nitrogen and oxygen atoms in total. The highest BCUT2D eigenvalue weighted by molar-refractivity contribution is 8.00. The van der Waals surface area contributed by atoms with Crippen molar-refractivity contribution in [3.63, 3.8) is 0 Å². The summed E-state index contributed by atoms with van der Waals surface area (Å²) < 4.78 is 0. The van der Waals surface area contributed by atoms with E-state index in [0.717, 1.165) is 16.8 Å². The number of nitrogens with one attached hydrogen (secondary N) is 1. The minimum atomic E-state index is -0.497. The van der Waals surface area contributed by atoms with Gasteiger partial charge in [0.2, 0.25) is 5.91 Å². The summed E-state index contributed by atoms with van der Waals surface area (Å²) in [7, 11) is 0. The Morgan fingerprint density at radius 1 is 1.00 bits per heavy atom. The number of nitro benzene ring substituents is 1. The van der Waals surface area contributed by atoms with Crippen LogP contribution in [0.5, 0.6) is 0 Å². The second-order valence-electron chi connectivity index (χ2n) is 8.03. The molecule has 3 aromatic rings. The minimum absolute atomic E-state index is 0.0617. The van der Waals surface area contributed by atoms with E-state index in [0.29, 0.717) is 17.0 Å². The molecule has 33 heavy (non-hydrogen) atoms. The van der Waals surface area contributed by atoms with Crippen LogP contribution in [0.15, 0.2) is 60.7 Å². The third kappa shape index (κ3) is 4.61. The molecule has 0 aromatic heterocycles. The number of carbonyl (C=O) groups is 2. The quantitative estimate of drug-likeness (QED) is 0.397. The number of nitro groups is 1. The molecule has 0 bridgehead atoms. The van der Waals surface area contributed by atoms with E-state index in [9.17, 15) is 19.7 Å². The number of rotatable bonds is 5. The van der Waals surface area contributed by atoms with Crippen molar-refractivity contribution in [1.29, 1.82) is 0 Å². The Bertz CT molecular complexity index is 1260. The predicted molar refractivity (Wildman–Crippen MR) is 131 cm³/mol. The van der Waals surface area contributed by atoms with Gasteiger partial charge in [-0.1, -0.05) is 24.3 Å². The van der Waals surface area contributed by atoms with Crippen molar-refractivity contribution in [2.24, 2.45) is 0 Å². The van der Waals surface area contributed by atoms with Crippen molar-refractivity contribution in [2.45, 2.75) is 26.1 Å². The van der Waals surface area contributed by atoms with Crippen molar-refractivity contribution < 1.29 is 14.5 Å². The first kappa shape index (κ1) is 22.5. The molecule has 1 aliphatic heterocycles. The fourth-order valence-corrected chi connectivity index (χ4v) is 4.88. The lowest BCUT2D eigenvalue weighted by Crippen LogP contribution is -2.27. The lowest BCUT2D eigenvalue weighted by molar-refractivity contribution is -0.385. The average molecular weight is 462 g/mol. The maximum Gasteiger partial charge on any atom is 0.273 e. The Balaban J connectivity index is 1.52. The number of amides is 2. The topological polar surface area (TPSA) is 92.6 Å². The van der Waals surface area contributed by atoms with E-state index in [1.165, 1.54) is 11.6 Å². The maximum absolute atomic E-state index is 12.6. The first-order valence-electron chi connectivity index (χ1n) is 10.4. The van der Waals surface area contributed by atoms with Crippen LogP contribution < -0.4 is 10.2 Å². The van der Waals surface area contributed by atoms with Gasteiger partial charge < -0.3 is 5.32 Å². The van der Waals surface area contributed by atoms with Gasteiger partial charge in [0.15, 0.2) is 0 Å². The van der Waals surface area contributed by atoms with E-state index in [1.807, 2.05) is 49.1 Å². The number of nitrogens with zero attached hydrogens (tertiary/aromatic N) is 2. The number of thioether (sulfide) groups is 1. The summed E-state index contributed by atoms with van der Waals surface area (Å²) in [5, 5.41) is 13.8. The van der Waals surface area contributed by atoms with Crippen molar-refractivity contribution in [2.75, 3.05) is 16.0 Å². The Morgan fingerprint density at radius 2 is 1.70 bits per heavy atom. The fraction of sp³-hybridized carbons (Fsp3) is 0.200. The Hall–Kier alpha value is -3.65. The van der Waals surface area contributed by atoms with Gasteiger partial charge in [0.05, 0.1) is 10.7 Å². The number of carbonyl (C=O) groups excluding carboxylic acids is 2. The largest absolute Gasteiger partial charge is 0.322 e. The van der Waals surface area contributed by atoms with Crippen LogP contribution in [0, 0.1) is 30.9 Å². The van der Waals surface area contributed by atoms with Gasteiger partial charge in [0.1, 0.15) is 5.37 Å². The van der Waals surface area contributed by atoms with Crippen LogP contribution in [0.1, 0.15) is 38.0 Å². The van der Waals surface area contributed by atoms with Gasteiger partial charge >= 0.3 is 0 Å². The summed E-state index contributed by atoms with van der Waals surface area (Å²) in [6.45, 7) is 5.70. The van der Waals surface area contributed by atoms with Gasteiger partial charge in [-0.15, -0.1) is 11.8 Å². The molecule has 1 saturated heterocycles. The van der Waals surface area contributed by atoms with Crippen molar-refractivity contribution in [1.82, 2.24) is 0 Å². The van der Waals surface area contributed by atoms with Crippen molar-refractivity contribution >= 4 is 40.6 Å². The molecule has 1 N–H and O–H groups in total. The van der Waals surface area contributed by atoms with E-state index < -0.39 is 10.8 Å². The Morgan fingerprint density at radius 3 is 2.36 bits per heavy atom. The summed E-state index contributed by atoms with van der Waals surface area (Å²) in [4.78, 5) is 37.7. The molecule has 8 heteroatoms. The molecule has 1 fully saturated rings. The zero-order valence-electron chi connectivity index (χ0n) is 18.5. The number of anilines is 2. The van der Waals surface area contributed by atoms with E-state index in [2.05, 4.69) is 5.32 Å². The molecule has 168 valence electrons. The molecule has 4 rings (SSSR count). The van der Waals surface area contributed by atoms with Crippen LogP contribution in [0.4, 0.5) is 17.1 Å². The number of hydrogen-bond acceptors (Lipinski definition) is 5. The van der Waals surface area contributed by atoms with Crippen molar-refractivity contribution in [3.05, 3.63) is 98.6 Å². The minimum Gasteiger partial charge on any atom is -0.322 e. The van der Waals surface area contributed by atoms with Crippen LogP contribution in [-0.4, -0.2) is 22.5 Å². The second kappa shape index (κ2) is 9.07. The Labute approximate surface area is 196 Å². The van der Waals surface area contributed by atoms with Gasteiger partial charge in [-0.3, -0.25) is 24.6 Å². The van der Waals surface area contributed by atoms with Crippen LogP contribution in [0.2, 0.25) is 0 Å². The standard InChI is InChI=1S/C25H23N3O4S/c1-15-5-11-21(12-17(15)3)27-23(29)14-33-25(27)18-7-9-20(10-8-18)26-24(30)19-6-4-16(2)22(13-19)28(31)32/h4-13,25H,14H2,1-3H3,(H,26,30)/t25-/m1/s1. The molecule has 1 atom stereocenters. The van der Waals surface area contributed by atoms with E-state index in [1.54, 1.807) is 43.0 Å². The molecule has 0 radical (unpaired) electrons. The SMILES string of the molecule is Cc1ccc(N2C(=O)CS[C@@H]2c2ccc(NC(=O)c3ccc(C)c([N+](=O)[O-])c3)cc2)cc1C. The number of benzene rings is 3. The van der Waals surface area contributed by atoms with Crippen LogP contribution in [0.25, 0.3) is 0 Å². The van der Waals surface area contributed by atoms with Gasteiger partial charge in [-0.2, -0.15) is 0 Å². The highest BCUT2D eigenvalue weighted by Crippen LogP contribution is 2.42. The predicted octanol–water partition coefficient (Wildman–Crippen LogP) is 5.55. The highest BCUT2D eigenvalue weighted by atomic mass is 32.2. The molecule has 0 spiro atoms. The van der Waals surface area contributed by atoms with E-state index in [-0.39, 0.29) is 22.5 Å². The van der Waals surface area contributed by atoms with Gasteiger partial charge in [0, 0.05) is 28.6 Å². The number of aryl methyl sites for hydroxylation is 3. The molecule has 3 aromatic carbocycles. The smallest absolute Gasteiger partial charge is 0.273 e. The molecular formula is C25H23N3O4S. The maximum atomic E-state index is 12.6. The monoisotopic (exact) mass is 461 g/mol. The van der Waals surface area contributed by atoms with Gasteiger partial charge in [0.25, 0.3) is 11.6 Å². The molecule has 1 heterocycles. The second-order valence-corrected chi connectivity index (χ2v) is 9.10. The highest BCUT2D eigenvalue weighted by Gasteiger charge is 2.34. The normalized spacial score (nSPS) is 15.5. The first-order valence-corrected chi connectivity index (χ1v) is 11.5. The first-order chi connectivity index (χ1) is 15.7. The molecule has 1 aliphatic rings. The lowest BCUT2D eigenvalue weighted by Gasteiger charge is -2.25.